The van der Waals surface area contributed by atoms with E-state index in [4.69, 9.17) is 0 Å². The highest BCUT2D eigenvalue weighted by atomic mass is 16.3. The van der Waals surface area contributed by atoms with Gasteiger partial charge in [-0.05, 0) is 50.8 Å². The van der Waals surface area contributed by atoms with Crippen LogP contribution < -0.4 is 0 Å². The van der Waals surface area contributed by atoms with Crippen LogP contribution in [0.3, 0.4) is 0 Å². The lowest BCUT2D eigenvalue weighted by Gasteiger charge is -2.42. The molecule has 0 amide bonds. The zero-order valence-electron chi connectivity index (χ0n) is 14.4. The van der Waals surface area contributed by atoms with Crippen molar-refractivity contribution in [3.05, 3.63) is 35.9 Å². The number of benzene rings is 1. The maximum absolute atomic E-state index is 11.7. The summed E-state index contributed by atoms with van der Waals surface area (Å²) in [4.78, 5) is 2.39. The quantitative estimate of drug-likeness (QED) is 0.851. The fraction of sp³-hybridized carbons (Fsp3) is 0.619. The molecule has 1 unspecified atom stereocenters. The minimum atomic E-state index is -1.01. The molecule has 1 heterocycles. The molecule has 0 bridgehead atoms. The van der Waals surface area contributed by atoms with Crippen LogP contribution in [-0.4, -0.2) is 29.6 Å². The number of aliphatic hydroxyl groups is 1. The van der Waals surface area contributed by atoms with Crippen LogP contribution >= 0.6 is 0 Å². The van der Waals surface area contributed by atoms with Crippen molar-refractivity contribution < 1.29 is 5.11 Å². The van der Waals surface area contributed by atoms with Gasteiger partial charge >= 0.3 is 0 Å². The molecular weight excluding hydrogens is 282 g/mol. The van der Waals surface area contributed by atoms with Crippen LogP contribution in [0, 0.1) is 17.3 Å². The van der Waals surface area contributed by atoms with E-state index in [-0.39, 0.29) is 5.41 Å². The Hall–Kier alpha value is -1.30. The summed E-state index contributed by atoms with van der Waals surface area (Å²) in [6.07, 6.45) is 8.11. The summed E-state index contributed by atoms with van der Waals surface area (Å²) in [7, 11) is 0. The normalized spacial score (nSPS) is 23.2. The second kappa shape index (κ2) is 7.07. The first-order valence-electron chi connectivity index (χ1n) is 9.20. The van der Waals surface area contributed by atoms with Gasteiger partial charge in [0, 0.05) is 5.41 Å². The molecule has 1 aromatic rings. The average molecular weight is 311 g/mol. The Morgan fingerprint density at radius 3 is 2.35 bits per heavy atom. The van der Waals surface area contributed by atoms with Crippen LogP contribution in [-0.2, 0) is 5.60 Å². The SMILES string of the molecule is CCC1(C(O)(C#CCN2CCCC2)c2ccccc2)CCCC1. The van der Waals surface area contributed by atoms with Crippen LogP contribution in [0.2, 0.25) is 0 Å². The van der Waals surface area contributed by atoms with E-state index in [0.717, 1.165) is 44.5 Å². The number of hydrogen-bond acceptors (Lipinski definition) is 2. The molecule has 2 heteroatoms. The van der Waals surface area contributed by atoms with Crippen molar-refractivity contribution in [1.29, 1.82) is 0 Å². The maximum atomic E-state index is 11.7. The first-order chi connectivity index (χ1) is 11.2. The van der Waals surface area contributed by atoms with Gasteiger partial charge in [0.15, 0.2) is 5.60 Å². The summed E-state index contributed by atoms with van der Waals surface area (Å²) < 4.78 is 0. The van der Waals surface area contributed by atoms with Gasteiger partial charge in [0.1, 0.15) is 0 Å². The molecule has 1 N–H and O–H groups in total. The lowest BCUT2D eigenvalue weighted by atomic mass is 9.65. The third kappa shape index (κ3) is 3.18. The van der Waals surface area contributed by atoms with Gasteiger partial charge in [0.25, 0.3) is 0 Å². The largest absolute Gasteiger partial charge is 0.373 e. The third-order valence-electron chi connectivity index (χ3n) is 5.97. The molecule has 0 radical (unpaired) electrons. The summed E-state index contributed by atoms with van der Waals surface area (Å²) >= 11 is 0. The van der Waals surface area contributed by atoms with Gasteiger partial charge in [0.2, 0.25) is 0 Å². The highest BCUT2D eigenvalue weighted by Gasteiger charge is 2.50. The molecule has 2 aliphatic rings. The Balaban J connectivity index is 1.91. The summed E-state index contributed by atoms with van der Waals surface area (Å²) in [5.41, 5.74) is -0.135. The van der Waals surface area contributed by atoms with Crippen LogP contribution in [0.1, 0.15) is 57.4 Å². The van der Waals surface area contributed by atoms with Crippen LogP contribution in [0.4, 0.5) is 0 Å². The summed E-state index contributed by atoms with van der Waals surface area (Å²) in [6.45, 7) is 5.30. The molecule has 0 aromatic heterocycles. The monoisotopic (exact) mass is 311 g/mol. The van der Waals surface area contributed by atoms with Gasteiger partial charge in [-0.25, -0.2) is 0 Å². The van der Waals surface area contributed by atoms with Gasteiger partial charge in [-0.3, -0.25) is 4.90 Å². The van der Waals surface area contributed by atoms with Crippen LogP contribution in [0.5, 0.6) is 0 Å². The molecular formula is C21H29NO. The summed E-state index contributed by atoms with van der Waals surface area (Å²) in [6, 6.07) is 10.1. The van der Waals surface area contributed by atoms with Gasteiger partial charge in [0.05, 0.1) is 6.54 Å². The molecule has 1 aliphatic carbocycles. The fourth-order valence-electron chi connectivity index (χ4n) is 4.43. The van der Waals surface area contributed by atoms with E-state index in [1.54, 1.807) is 0 Å². The van der Waals surface area contributed by atoms with E-state index in [1.807, 2.05) is 30.3 Å². The predicted molar refractivity (Wildman–Crippen MR) is 95.0 cm³/mol. The highest BCUT2D eigenvalue weighted by Crippen LogP contribution is 2.53. The molecule has 124 valence electrons. The Morgan fingerprint density at radius 1 is 1.09 bits per heavy atom. The maximum Gasteiger partial charge on any atom is 0.156 e. The van der Waals surface area contributed by atoms with Gasteiger partial charge in [-0.2, -0.15) is 0 Å². The zero-order chi connectivity index (χ0) is 16.2. The number of rotatable bonds is 4. The van der Waals surface area contributed by atoms with Crippen LogP contribution in [0.15, 0.2) is 30.3 Å². The molecule has 1 saturated carbocycles. The van der Waals surface area contributed by atoms with Gasteiger partial charge in [-0.15, -0.1) is 0 Å². The first kappa shape index (κ1) is 16.6. The number of hydrogen-bond donors (Lipinski definition) is 1. The van der Waals surface area contributed by atoms with Crippen LogP contribution in [0.25, 0.3) is 0 Å². The highest BCUT2D eigenvalue weighted by molar-refractivity contribution is 5.36. The Labute approximate surface area is 140 Å². The minimum Gasteiger partial charge on any atom is -0.373 e. The molecule has 1 atom stereocenters. The topological polar surface area (TPSA) is 23.5 Å². The smallest absolute Gasteiger partial charge is 0.156 e. The first-order valence-corrected chi connectivity index (χ1v) is 9.20. The van der Waals surface area contributed by atoms with Crippen molar-refractivity contribution in [3.8, 4) is 11.8 Å². The molecule has 2 fully saturated rings. The predicted octanol–water partition coefficient (Wildman–Crippen LogP) is 3.94. The van der Waals surface area contributed by atoms with Crippen molar-refractivity contribution in [1.82, 2.24) is 4.90 Å². The second-order valence-electron chi connectivity index (χ2n) is 7.20. The van der Waals surface area contributed by atoms with Crippen molar-refractivity contribution in [2.45, 2.75) is 57.5 Å². The van der Waals surface area contributed by atoms with Crippen molar-refractivity contribution in [2.75, 3.05) is 19.6 Å². The molecule has 1 saturated heterocycles. The molecule has 23 heavy (non-hydrogen) atoms. The van der Waals surface area contributed by atoms with E-state index >= 15 is 0 Å². The van der Waals surface area contributed by atoms with E-state index in [9.17, 15) is 5.11 Å². The number of likely N-dealkylation sites (tertiary alicyclic amines) is 1. The Kier molecular flexibility index (Phi) is 5.09. The standard InChI is InChI=1S/C21H29NO/c1-2-20(13-6-7-14-20)21(23,19-11-4-3-5-12-19)15-10-18-22-16-8-9-17-22/h3-5,11-12,23H,2,6-9,13-14,16-18H2,1H3. The lowest BCUT2D eigenvalue weighted by Crippen LogP contribution is -2.43. The van der Waals surface area contributed by atoms with E-state index < -0.39 is 5.60 Å². The Bertz CT molecular complexity index is 558. The van der Waals surface area contributed by atoms with Crippen molar-refractivity contribution in [2.24, 2.45) is 5.41 Å². The van der Waals surface area contributed by atoms with Crippen molar-refractivity contribution in [3.63, 3.8) is 0 Å². The third-order valence-corrected chi connectivity index (χ3v) is 5.97. The van der Waals surface area contributed by atoms with E-state index in [2.05, 4.69) is 23.7 Å². The van der Waals surface area contributed by atoms with Gasteiger partial charge < -0.3 is 5.11 Å². The minimum absolute atomic E-state index is 0.0909. The molecule has 3 rings (SSSR count). The molecule has 1 aromatic carbocycles. The zero-order valence-corrected chi connectivity index (χ0v) is 14.4. The van der Waals surface area contributed by atoms with E-state index in [0.29, 0.717) is 0 Å². The average Bonchev–Trinajstić information content (AvgIpc) is 3.28. The molecule has 0 spiro atoms. The van der Waals surface area contributed by atoms with Crippen molar-refractivity contribution >= 4 is 0 Å². The summed E-state index contributed by atoms with van der Waals surface area (Å²) in [5.74, 6) is 6.67. The summed E-state index contributed by atoms with van der Waals surface area (Å²) in [5, 5.41) is 11.7. The van der Waals surface area contributed by atoms with Gasteiger partial charge in [-0.1, -0.05) is 61.9 Å². The Morgan fingerprint density at radius 2 is 1.74 bits per heavy atom. The number of nitrogens with zero attached hydrogens (tertiary/aromatic N) is 1. The second-order valence-corrected chi connectivity index (χ2v) is 7.20. The van der Waals surface area contributed by atoms with E-state index in [1.165, 1.54) is 25.7 Å². The molecule has 2 nitrogen and oxygen atoms in total. The molecule has 1 aliphatic heterocycles. The lowest BCUT2D eigenvalue weighted by molar-refractivity contribution is -0.0422. The fourth-order valence-corrected chi connectivity index (χ4v) is 4.43.